The SMILES string of the molecule is Cc1ccnc2c1nc(CCl)n2Cc1ccccn1. The maximum Gasteiger partial charge on any atom is 0.160 e. The molecule has 0 aliphatic carbocycles. The summed E-state index contributed by atoms with van der Waals surface area (Å²) in [6, 6.07) is 7.82. The molecule has 0 radical (unpaired) electrons. The summed E-state index contributed by atoms with van der Waals surface area (Å²) in [5.74, 6) is 1.19. The summed E-state index contributed by atoms with van der Waals surface area (Å²) < 4.78 is 2.03. The van der Waals surface area contributed by atoms with Gasteiger partial charge in [-0.1, -0.05) is 6.07 Å². The van der Waals surface area contributed by atoms with Crippen LogP contribution in [0, 0.1) is 6.92 Å². The van der Waals surface area contributed by atoms with Gasteiger partial charge in [-0.25, -0.2) is 9.97 Å². The van der Waals surface area contributed by atoms with Gasteiger partial charge in [-0.15, -0.1) is 11.6 Å². The second-order valence-corrected chi connectivity index (χ2v) is 4.64. The summed E-state index contributed by atoms with van der Waals surface area (Å²) in [5.41, 5.74) is 3.85. The van der Waals surface area contributed by atoms with Gasteiger partial charge >= 0.3 is 0 Å². The molecule has 0 spiro atoms. The van der Waals surface area contributed by atoms with Gasteiger partial charge < -0.3 is 4.57 Å². The highest BCUT2D eigenvalue weighted by molar-refractivity contribution is 6.16. The van der Waals surface area contributed by atoms with Gasteiger partial charge in [0.1, 0.15) is 11.3 Å². The standard InChI is InChI=1S/C14H13ClN4/c1-10-5-7-17-14-13(10)18-12(8-15)19(14)9-11-4-2-3-6-16-11/h2-7H,8-9H2,1H3. The Morgan fingerprint density at radius 1 is 1.16 bits per heavy atom. The molecule has 0 fully saturated rings. The first kappa shape index (κ1) is 12.1. The summed E-state index contributed by atoms with van der Waals surface area (Å²) >= 11 is 5.99. The highest BCUT2D eigenvalue weighted by Crippen LogP contribution is 2.19. The highest BCUT2D eigenvalue weighted by Gasteiger charge is 2.13. The van der Waals surface area contributed by atoms with Gasteiger partial charge in [-0.2, -0.15) is 0 Å². The third-order valence-electron chi connectivity index (χ3n) is 3.08. The molecule has 19 heavy (non-hydrogen) atoms. The Morgan fingerprint density at radius 3 is 2.79 bits per heavy atom. The molecular formula is C14H13ClN4. The molecule has 0 bridgehead atoms. The van der Waals surface area contributed by atoms with Crippen LogP contribution in [-0.4, -0.2) is 19.5 Å². The number of nitrogens with zero attached hydrogens (tertiary/aromatic N) is 4. The van der Waals surface area contributed by atoms with Crippen LogP contribution >= 0.6 is 11.6 Å². The van der Waals surface area contributed by atoms with Crippen LogP contribution in [0.4, 0.5) is 0 Å². The number of imidazole rings is 1. The Labute approximate surface area is 116 Å². The van der Waals surface area contributed by atoms with Crippen LogP contribution in [-0.2, 0) is 12.4 Å². The molecule has 96 valence electrons. The quantitative estimate of drug-likeness (QED) is 0.689. The zero-order valence-corrected chi connectivity index (χ0v) is 11.3. The minimum Gasteiger partial charge on any atom is -0.306 e. The van der Waals surface area contributed by atoms with E-state index in [1.165, 1.54) is 0 Å². The van der Waals surface area contributed by atoms with Crippen molar-refractivity contribution >= 4 is 22.8 Å². The first-order chi connectivity index (χ1) is 9.29. The van der Waals surface area contributed by atoms with Crippen molar-refractivity contribution in [3.05, 3.63) is 53.7 Å². The molecule has 3 rings (SSSR count). The van der Waals surface area contributed by atoms with Gasteiger partial charge in [0.05, 0.1) is 18.1 Å². The number of halogens is 1. The third kappa shape index (κ3) is 2.19. The number of fused-ring (bicyclic) bond motifs is 1. The Hall–Kier alpha value is -1.94. The van der Waals surface area contributed by atoms with Gasteiger partial charge in [0.15, 0.2) is 5.65 Å². The molecule has 0 N–H and O–H groups in total. The summed E-state index contributed by atoms with van der Waals surface area (Å²) in [7, 11) is 0. The molecule has 0 aromatic carbocycles. The number of aryl methyl sites for hydroxylation is 1. The highest BCUT2D eigenvalue weighted by atomic mass is 35.5. The second-order valence-electron chi connectivity index (χ2n) is 4.37. The number of rotatable bonds is 3. The van der Waals surface area contributed by atoms with Crippen molar-refractivity contribution in [3.63, 3.8) is 0 Å². The van der Waals surface area contributed by atoms with E-state index in [0.29, 0.717) is 12.4 Å². The van der Waals surface area contributed by atoms with Gasteiger partial charge in [0, 0.05) is 12.4 Å². The first-order valence-corrected chi connectivity index (χ1v) is 6.59. The first-order valence-electron chi connectivity index (χ1n) is 6.06. The minimum atomic E-state index is 0.364. The van der Waals surface area contributed by atoms with Crippen LogP contribution in [0.3, 0.4) is 0 Å². The molecule has 0 aliphatic heterocycles. The molecule has 0 aliphatic rings. The van der Waals surface area contributed by atoms with Crippen LogP contribution in [0.5, 0.6) is 0 Å². The molecule has 0 saturated carbocycles. The number of hydrogen-bond acceptors (Lipinski definition) is 3. The van der Waals surface area contributed by atoms with Gasteiger partial charge in [-0.3, -0.25) is 4.98 Å². The van der Waals surface area contributed by atoms with Crippen molar-refractivity contribution in [1.82, 2.24) is 19.5 Å². The van der Waals surface area contributed by atoms with Crippen molar-refractivity contribution in [3.8, 4) is 0 Å². The third-order valence-corrected chi connectivity index (χ3v) is 3.32. The van der Waals surface area contributed by atoms with E-state index in [1.807, 2.05) is 35.8 Å². The van der Waals surface area contributed by atoms with E-state index >= 15 is 0 Å². The Bertz CT molecular complexity index is 706. The predicted octanol–water partition coefficient (Wildman–Crippen LogP) is 2.92. The molecule has 0 amide bonds. The fraction of sp³-hybridized carbons (Fsp3) is 0.214. The molecule has 4 nitrogen and oxygen atoms in total. The number of hydrogen-bond donors (Lipinski definition) is 0. The van der Waals surface area contributed by atoms with Crippen LogP contribution < -0.4 is 0 Å². The summed E-state index contributed by atoms with van der Waals surface area (Å²) in [5, 5.41) is 0. The maximum absolute atomic E-state index is 5.99. The van der Waals surface area contributed by atoms with E-state index in [0.717, 1.165) is 28.2 Å². The van der Waals surface area contributed by atoms with Crippen molar-refractivity contribution in [2.75, 3.05) is 0 Å². The maximum atomic E-state index is 5.99. The van der Waals surface area contributed by atoms with E-state index in [4.69, 9.17) is 11.6 Å². The Morgan fingerprint density at radius 2 is 2.05 bits per heavy atom. The molecule has 5 heteroatoms. The van der Waals surface area contributed by atoms with Crippen molar-refractivity contribution in [1.29, 1.82) is 0 Å². The fourth-order valence-corrected chi connectivity index (χ4v) is 2.31. The van der Waals surface area contributed by atoms with Crippen LogP contribution in [0.2, 0.25) is 0 Å². The second kappa shape index (κ2) is 4.97. The Kier molecular flexibility index (Phi) is 3.17. The minimum absolute atomic E-state index is 0.364. The van der Waals surface area contributed by atoms with E-state index in [-0.39, 0.29) is 0 Å². The molecule has 3 heterocycles. The van der Waals surface area contributed by atoms with E-state index in [9.17, 15) is 0 Å². The van der Waals surface area contributed by atoms with Crippen LogP contribution in [0.25, 0.3) is 11.2 Å². The largest absolute Gasteiger partial charge is 0.306 e. The lowest BCUT2D eigenvalue weighted by atomic mass is 10.3. The number of pyridine rings is 2. The fourth-order valence-electron chi connectivity index (χ4n) is 2.11. The van der Waals surface area contributed by atoms with Gasteiger partial charge in [0.25, 0.3) is 0 Å². The van der Waals surface area contributed by atoms with Crippen molar-refractivity contribution in [2.45, 2.75) is 19.3 Å². The summed E-state index contributed by atoms with van der Waals surface area (Å²) in [4.78, 5) is 13.3. The lowest BCUT2D eigenvalue weighted by molar-refractivity contribution is 0.751. The molecular weight excluding hydrogens is 260 g/mol. The molecule has 3 aromatic rings. The van der Waals surface area contributed by atoms with E-state index < -0.39 is 0 Å². The lowest BCUT2D eigenvalue weighted by Crippen LogP contribution is -2.05. The smallest absolute Gasteiger partial charge is 0.160 e. The lowest BCUT2D eigenvalue weighted by Gasteiger charge is -2.06. The average Bonchev–Trinajstić information content (AvgIpc) is 2.80. The average molecular weight is 273 g/mol. The molecule has 0 unspecified atom stereocenters. The Balaban J connectivity index is 2.14. The summed E-state index contributed by atoms with van der Waals surface area (Å²) in [6.45, 7) is 2.66. The van der Waals surface area contributed by atoms with Gasteiger partial charge in [0.2, 0.25) is 0 Å². The number of alkyl halides is 1. The molecule has 3 aromatic heterocycles. The molecule has 0 saturated heterocycles. The van der Waals surface area contributed by atoms with Gasteiger partial charge in [-0.05, 0) is 30.7 Å². The zero-order chi connectivity index (χ0) is 13.2. The van der Waals surface area contributed by atoms with E-state index in [1.54, 1.807) is 12.4 Å². The topological polar surface area (TPSA) is 43.6 Å². The van der Waals surface area contributed by atoms with Crippen molar-refractivity contribution < 1.29 is 0 Å². The van der Waals surface area contributed by atoms with Crippen molar-refractivity contribution in [2.24, 2.45) is 0 Å². The van der Waals surface area contributed by atoms with Crippen LogP contribution in [0.15, 0.2) is 36.7 Å². The predicted molar refractivity (Wildman–Crippen MR) is 75.2 cm³/mol. The summed E-state index contributed by atoms with van der Waals surface area (Å²) in [6.07, 6.45) is 3.58. The zero-order valence-electron chi connectivity index (χ0n) is 10.5. The monoisotopic (exact) mass is 272 g/mol. The van der Waals surface area contributed by atoms with E-state index in [2.05, 4.69) is 15.0 Å². The molecule has 0 atom stereocenters. The number of aromatic nitrogens is 4. The normalized spacial score (nSPS) is 11.1. The van der Waals surface area contributed by atoms with Crippen LogP contribution in [0.1, 0.15) is 17.1 Å².